The average molecular weight is 489 g/mol. The van der Waals surface area contributed by atoms with Crippen molar-refractivity contribution in [1.82, 2.24) is 28.8 Å². The van der Waals surface area contributed by atoms with Crippen LogP contribution in [-0.4, -0.2) is 75.5 Å². The van der Waals surface area contributed by atoms with Gasteiger partial charge in [-0.2, -0.15) is 4.98 Å². The van der Waals surface area contributed by atoms with Crippen molar-refractivity contribution in [2.45, 2.75) is 43.6 Å². The predicted octanol–water partition coefficient (Wildman–Crippen LogP) is 2.53. The van der Waals surface area contributed by atoms with Crippen LogP contribution in [0.25, 0.3) is 5.78 Å². The molecule has 33 heavy (non-hydrogen) atoms. The molecule has 1 aliphatic rings. The second-order valence-corrected chi connectivity index (χ2v) is 11.4. The van der Waals surface area contributed by atoms with Crippen LogP contribution in [0.1, 0.15) is 40.2 Å². The maximum absolute atomic E-state index is 13.3. The summed E-state index contributed by atoms with van der Waals surface area (Å²) in [6, 6.07) is 9.47. The highest BCUT2D eigenvalue weighted by Gasteiger charge is 2.30. The quantitative estimate of drug-likeness (QED) is 0.492. The van der Waals surface area contributed by atoms with E-state index in [-0.39, 0.29) is 11.9 Å². The zero-order chi connectivity index (χ0) is 23.8. The third-order valence-corrected chi connectivity index (χ3v) is 8.22. The number of hydrogen-bond donors (Lipinski definition) is 0. The van der Waals surface area contributed by atoms with Crippen LogP contribution in [0.3, 0.4) is 0 Å². The standard InChI is InChI=1S/C22H28N6O3S2/c1-15-13-16(2)28-21(23-15)24-22(25-28)32-14-17-7-5-6-8-19(17)20(29)27-11-9-18(10-12-27)26(3)33(4,30)31/h5-8,13,18H,9-12,14H2,1-4H3. The first-order chi connectivity index (χ1) is 15.6. The minimum Gasteiger partial charge on any atom is -0.339 e. The first-order valence-corrected chi connectivity index (χ1v) is 13.6. The smallest absolute Gasteiger partial charge is 0.254 e. The molecule has 0 bridgehead atoms. The van der Waals surface area contributed by atoms with E-state index < -0.39 is 10.0 Å². The summed E-state index contributed by atoms with van der Waals surface area (Å²) in [5, 5.41) is 5.15. The Labute approximate surface area is 198 Å². The number of aryl methyl sites for hydroxylation is 2. The van der Waals surface area contributed by atoms with E-state index in [1.807, 2.05) is 49.1 Å². The van der Waals surface area contributed by atoms with Gasteiger partial charge in [-0.05, 0) is 44.4 Å². The maximum Gasteiger partial charge on any atom is 0.254 e. The Morgan fingerprint density at radius 1 is 1.18 bits per heavy atom. The van der Waals surface area contributed by atoms with Crippen molar-refractivity contribution >= 4 is 33.5 Å². The van der Waals surface area contributed by atoms with Crippen LogP contribution < -0.4 is 0 Å². The molecule has 3 heterocycles. The Balaban J connectivity index is 1.45. The van der Waals surface area contributed by atoms with Gasteiger partial charge in [0.15, 0.2) is 0 Å². The number of likely N-dealkylation sites (tertiary alicyclic amines) is 1. The van der Waals surface area contributed by atoms with Gasteiger partial charge in [0, 0.05) is 48.9 Å². The highest BCUT2D eigenvalue weighted by molar-refractivity contribution is 7.98. The topological polar surface area (TPSA) is 101 Å². The van der Waals surface area contributed by atoms with Crippen LogP contribution in [0.15, 0.2) is 35.5 Å². The fraction of sp³-hybridized carbons (Fsp3) is 0.455. The average Bonchev–Trinajstić information content (AvgIpc) is 3.19. The first kappa shape index (κ1) is 23.7. The van der Waals surface area contributed by atoms with Crippen LogP contribution in [0.5, 0.6) is 0 Å². The van der Waals surface area contributed by atoms with E-state index >= 15 is 0 Å². The van der Waals surface area contributed by atoms with Gasteiger partial charge in [-0.15, -0.1) is 5.10 Å². The normalized spacial score (nSPS) is 15.5. The minimum absolute atomic E-state index is 0.0252. The van der Waals surface area contributed by atoms with Crippen LogP contribution >= 0.6 is 11.8 Å². The molecular formula is C22H28N6O3S2. The largest absolute Gasteiger partial charge is 0.339 e. The van der Waals surface area contributed by atoms with Gasteiger partial charge in [0.2, 0.25) is 15.2 Å². The number of thioether (sulfide) groups is 1. The van der Waals surface area contributed by atoms with Crippen LogP contribution in [-0.2, 0) is 15.8 Å². The molecule has 11 heteroatoms. The third-order valence-electron chi connectivity index (χ3n) is 5.99. The van der Waals surface area contributed by atoms with Gasteiger partial charge < -0.3 is 4.90 Å². The lowest BCUT2D eigenvalue weighted by atomic mass is 10.0. The minimum atomic E-state index is -3.24. The van der Waals surface area contributed by atoms with Crippen molar-refractivity contribution in [2.24, 2.45) is 0 Å². The summed E-state index contributed by atoms with van der Waals surface area (Å²) in [4.78, 5) is 24.0. The Morgan fingerprint density at radius 2 is 1.88 bits per heavy atom. The monoisotopic (exact) mass is 488 g/mol. The number of carbonyl (C=O) groups excluding carboxylic acids is 1. The highest BCUT2D eigenvalue weighted by Crippen LogP contribution is 2.25. The van der Waals surface area contributed by atoms with Gasteiger partial charge in [-0.3, -0.25) is 4.79 Å². The first-order valence-electron chi connectivity index (χ1n) is 10.8. The van der Waals surface area contributed by atoms with Gasteiger partial charge in [0.25, 0.3) is 11.7 Å². The second-order valence-electron chi connectivity index (χ2n) is 8.39. The summed E-state index contributed by atoms with van der Waals surface area (Å²) in [5.74, 6) is 1.11. The summed E-state index contributed by atoms with van der Waals surface area (Å²) in [5.41, 5.74) is 3.44. The van der Waals surface area contributed by atoms with E-state index in [9.17, 15) is 13.2 Å². The van der Waals surface area contributed by atoms with E-state index in [1.54, 1.807) is 11.6 Å². The van der Waals surface area contributed by atoms with Crippen molar-refractivity contribution in [3.8, 4) is 0 Å². The number of rotatable bonds is 6. The molecule has 0 unspecified atom stereocenters. The number of nitrogens with zero attached hydrogens (tertiary/aromatic N) is 6. The zero-order valence-electron chi connectivity index (χ0n) is 19.2. The summed E-state index contributed by atoms with van der Waals surface area (Å²) in [7, 11) is -1.63. The van der Waals surface area contributed by atoms with E-state index in [1.165, 1.54) is 22.3 Å². The molecule has 1 aromatic carbocycles. The summed E-state index contributed by atoms with van der Waals surface area (Å²) >= 11 is 1.47. The summed E-state index contributed by atoms with van der Waals surface area (Å²) in [6.45, 7) is 4.96. The molecule has 0 aliphatic carbocycles. The Kier molecular flexibility index (Phi) is 6.73. The van der Waals surface area contributed by atoms with Crippen molar-refractivity contribution in [2.75, 3.05) is 26.4 Å². The maximum atomic E-state index is 13.3. The van der Waals surface area contributed by atoms with Crippen molar-refractivity contribution in [1.29, 1.82) is 0 Å². The number of carbonyl (C=O) groups is 1. The molecule has 0 saturated carbocycles. The van der Waals surface area contributed by atoms with Crippen LogP contribution in [0.2, 0.25) is 0 Å². The van der Waals surface area contributed by atoms with Gasteiger partial charge >= 0.3 is 0 Å². The molecule has 1 fully saturated rings. The fourth-order valence-corrected chi connectivity index (χ4v) is 5.65. The number of piperidine rings is 1. The van der Waals surface area contributed by atoms with E-state index in [0.29, 0.717) is 48.2 Å². The highest BCUT2D eigenvalue weighted by atomic mass is 32.2. The SMILES string of the molecule is Cc1cc(C)n2nc(SCc3ccccc3C(=O)N3CCC(N(C)S(C)(=O)=O)CC3)nc2n1. The predicted molar refractivity (Wildman–Crippen MR) is 128 cm³/mol. The second kappa shape index (κ2) is 9.40. The van der Waals surface area contributed by atoms with Gasteiger partial charge in [-0.25, -0.2) is 22.2 Å². The number of hydrogen-bond acceptors (Lipinski definition) is 7. The number of amides is 1. The van der Waals surface area contributed by atoms with Crippen molar-refractivity contribution in [3.63, 3.8) is 0 Å². The summed E-state index contributed by atoms with van der Waals surface area (Å²) < 4.78 is 26.8. The molecule has 4 rings (SSSR count). The molecule has 2 aromatic heterocycles. The molecule has 0 atom stereocenters. The molecule has 0 N–H and O–H groups in total. The Bertz CT molecular complexity index is 1280. The number of benzene rings is 1. The van der Waals surface area contributed by atoms with E-state index in [0.717, 1.165) is 17.0 Å². The molecule has 1 amide bonds. The molecule has 3 aromatic rings. The molecule has 0 spiro atoms. The zero-order valence-corrected chi connectivity index (χ0v) is 20.9. The molecule has 9 nitrogen and oxygen atoms in total. The van der Waals surface area contributed by atoms with Crippen LogP contribution in [0.4, 0.5) is 0 Å². The van der Waals surface area contributed by atoms with Crippen molar-refractivity contribution < 1.29 is 13.2 Å². The lowest BCUT2D eigenvalue weighted by molar-refractivity contribution is 0.0685. The number of aromatic nitrogens is 4. The summed E-state index contributed by atoms with van der Waals surface area (Å²) in [6.07, 6.45) is 2.47. The third kappa shape index (κ3) is 5.20. The Morgan fingerprint density at radius 3 is 2.58 bits per heavy atom. The lowest BCUT2D eigenvalue weighted by Crippen LogP contribution is -2.47. The fourth-order valence-electron chi connectivity index (χ4n) is 4.08. The van der Waals surface area contributed by atoms with E-state index in [4.69, 9.17) is 0 Å². The molecule has 176 valence electrons. The van der Waals surface area contributed by atoms with Gasteiger partial charge in [0.05, 0.1) is 6.26 Å². The molecule has 0 radical (unpaired) electrons. The number of sulfonamides is 1. The van der Waals surface area contributed by atoms with Gasteiger partial charge in [-0.1, -0.05) is 30.0 Å². The Hall–Kier alpha value is -2.50. The molecule has 1 aliphatic heterocycles. The lowest BCUT2D eigenvalue weighted by Gasteiger charge is -2.36. The number of fused-ring (bicyclic) bond motifs is 1. The van der Waals surface area contributed by atoms with Gasteiger partial charge in [0.1, 0.15) is 0 Å². The molecule has 1 saturated heterocycles. The van der Waals surface area contributed by atoms with E-state index in [2.05, 4.69) is 15.1 Å². The van der Waals surface area contributed by atoms with Crippen molar-refractivity contribution in [3.05, 3.63) is 52.8 Å². The molecular weight excluding hydrogens is 460 g/mol. The van der Waals surface area contributed by atoms with Crippen LogP contribution in [0, 0.1) is 13.8 Å².